The molecule has 0 saturated carbocycles. The van der Waals surface area contributed by atoms with E-state index in [2.05, 4.69) is 10.2 Å². The Kier molecular flexibility index (Phi) is 6.39. The van der Waals surface area contributed by atoms with E-state index in [0.717, 1.165) is 45.2 Å². The number of rotatable bonds is 5. The van der Waals surface area contributed by atoms with E-state index >= 15 is 0 Å². The Morgan fingerprint density at radius 2 is 1.89 bits per heavy atom. The van der Waals surface area contributed by atoms with Gasteiger partial charge in [-0.2, -0.15) is 4.31 Å². The summed E-state index contributed by atoms with van der Waals surface area (Å²) < 4.78 is 32.9. The zero-order chi connectivity index (χ0) is 19.4. The number of anilines is 1. The van der Waals surface area contributed by atoms with Gasteiger partial charge in [-0.3, -0.25) is 4.79 Å². The number of ether oxygens (including phenoxy) is 1. The van der Waals surface area contributed by atoms with Gasteiger partial charge in [0.15, 0.2) is 0 Å². The van der Waals surface area contributed by atoms with E-state index < -0.39 is 10.0 Å². The SMILES string of the molecule is COc1ccc(NC(=O)[C@@H]2CCCN(C)C2)cc1S(=O)(=O)N1CCCCC1. The van der Waals surface area contributed by atoms with E-state index in [4.69, 9.17) is 4.74 Å². The second-order valence-corrected chi connectivity index (χ2v) is 9.33. The first kappa shape index (κ1) is 20.1. The highest BCUT2D eigenvalue weighted by atomic mass is 32.2. The molecule has 0 radical (unpaired) electrons. The third kappa shape index (κ3) is 4.62. The average molecular weight is 396 g/mol. The Morgan fingerprint density at radius 3 is 2.56 bits per heavy atom. The number of amides is 1. The highest BCUT2D eigenvalue weighted by molar-refractivity contribution is 7.89. The molecule has 27 heavy (non-hydrogen) atoms. The number of nitrogens with one attached hydrogen (secondary N) is 1. The normalized spacial score (nSPS) is 22.4. The van der Waals surface area contributed by atoms with E-state index in [-0.39, 0.29) is 16.7 Å². The van der Waals surface area contributed by atoms with E-state index in [1.807, 2.05) is 7.05 Å². The van der Waals surface area contributed by atoms with Crippen LogP contribution in [0, 0.1) is 5.92 Å². The van der Waals surface area contributed by atoms with Crippen LogP contribution in [0.15, 0.2) is 23.1 Å². The molecule has 1 amide bonds. The van der Waals surface area contributed by atoms with Crippen LogP contribution in [-0.2, 0) is 14.8 Å². The van der Waals surface area contributed by atoms with Crippen molar-refractivity contribution in [1.82, 2.24) is 9.21 Å². The van der Waals surface area contributed by atoms with E-state index in [9.17, 15) is 13.2 Å². The summed E-state index contributed by atoms with van der Waals surface area (Å²) in [6, 6.07) is 4.82. The number of nitrogens with zero attached hydrogens (tertiary/aromatic N) is 2. The van der Waals surface area contributed by atoms with Crippen LogP contribution in [0.25, 0.3) is 0 Å². The Morgan fingerprint density at radius 1 is 1.15 bits per heavy atom. The van der Waals surface area contributed by atoms with Gasteiger partial charge in [0, 0.05) is 25.3 Å². The zero-order valence-corrected chi connectivity index (χ0v) is 16.9. The minimum absolute atomic E-state index is 0.0620. The Hall–Kier alpha value is -1.64. The Balaban J connectivity index is 1.81. The predicted octanol–water partition coefficient (Wildman–Crippen LogP) is 2.15. The molecule has 2 fully saturated rings. The topological polar surface area (TPSA) is 79.0 Å². The number of piperidine rings is 2. The van der Waals surface area contributed by atoms with Crippen LogP contribution in [0.1, 0.15) is 32.1 Å². The molecule has 2 aliphatic rings. The zero-order valence-electron chi connectivity index (χ0n) is 16.1. The molecule has 0 unspecified atom stereocenters. The van der Waals surface area contributed by atoms with Gasteiger partial charge in [-0.15, -0.1) is 0 Å². The molecule has 1 aromatic carbocycles. The third-order valence-corrected chi connectivity index (χ3v) is 7.28. The quantitative estimate of drug-likeness (QED) is 0.826. The standard InChI is InChI=1S/C19H29N3O4S/c1-21-10-6-7-15(14-21)19(23)20-16-8-9-17(26-2)18(13-16)27(24,25)22-11-4-3-5-12-22/h8-9,13,15H,3-7,10-12,14H2,1-2H3,(H,20,23)/t15-/m1/s1. The minimum atomic E-state index is -3.65. The Bertz CT molecular complexity index is 775. The van der Waals surface area contributed by atoms with Gasteiger partial charge in [-0.25, -0.2) is 8.42 Å². The number of hydrogen-bond acceptors (Lipinski definition) is 5. The molecule has 3 rings (SSSR count). The average Bonchev–Trinajstić information content (AvgIpc) is 2.68. The number of methoxy groups -OCH3 is 1. The molecular formula is C19H29N3O4S. The number of sulfonamides is 1. The molecule has 0 spiro atoms. The van der Waals surface area contributed by atoms with Crippen molar-refractivity contribution < 1.29 is 17.9 Å². The predicted molar refractivity (Wildman–Crippen MR) is 104 cm³/mol. The van der Waals surface area contributed by atoms with Crippen LogP contribution in [0.3, 0.4) is 0 Å². The molecule has 1 aromatic rings. The number of hydrogen-bond donors (Lipinski definition) is 1. The van der Waals surface area contributed by atoms with Gasteiger partial charge in [-0.1, -0.05) is 6.42 Å². The summed E-state index contributed by atoms with van der Waals surface area (Å²) in [5.41, 5.74) is 0.490. The molecule has 8 heteroatoms. The molecular weight excluding hydrogens is 366 g/mol. The first-order valence-electron chi connectivity index (χ1n) is 9.59. The molecule has 0 bridgehead atoms. The summed E-state index contributed by atoms with van der Waals surface area (Å²) in [6.45, 7) is 2.78. The second-order valence-electron chi connectivity index (χ2n) is 7.42. The van der Waals surface area contributed by atoms with Crippen molar-refractivity contribution in [3.05, 3.63) is 18.2 Å². The van der Waals surface area contributed by atoms with Gasteiger partial charge in [0.05, 0.1) is 13.0 Å². The number of carbonyl (C=O) groups is 1. The van der Waals surface area contributed by atoms with Crippen molar-refractivity contribution in [3.63, 3.8) is 0 Å². The number of likely N-dealkylation sites (tertiary alicyclic amines) is 1. The first-order chi connectivity index (χ1) is 12.9. The van der Waals surface area contributed by atoms with Gasteiger partial charge < -0.3 is 15.0 Å². The van der Waals surface area contributed by atoms with Crippen LogP contribution < -0.4 is 10.1 Å². The second kappa shape index (κ2) is 8.58. The lowest BCUT2D eigenvalue weighted by atomic mass is 9.97. The molecule has 2 heterocycles. The molecule has 2 aliphatic heterocycles. The highest BCUT2D eigenvalue weighted by Gasteiger charge is 2.30. The monoisotopic (exact) mass is 395 g/mol. The minimum Gasteiger partial charge on any atom is -0.495 e. The lowest BCUT2D eigenvalue weighted by Gasteiger charge is -2.29. The summed E-state index contributed by atoms with van der Waals surface area (Å²) in [7, 11) is -0.179. The van der Waals surface area contributed by atoms with E-state index in [0.29, 0.717) is 24.5 Å². The Labute approximate surface area is 161 Å². The first-order valence-corrected chi connectivity index (χ1v) is 11.0. The maximum absolute atomic E-state index is 13.1. The van der Waals surface area contributed by atoms with E-state index in [1.54, 1.807) is 12.1 Å². The fourth-order valence-corrected chi connectivity index (χ4v) is 5.52. The maximum atomic E-state index is 13.1. The van der Waals surface area contributed by atoms with Crippen molar-refractivity contribution in [2.45, 2.75) is 37.0 Å². The molecule has 0 aliphatic carbocycles. The van der Waals surface area contributed by atoms with Crippen molar-refractivity contribution in [2.24, 2.45) is 5.92 Å². The lowest BCUT2D eigenvalue weighted by Crippen LogP contribution is -2.38. The van der Waals surface area contributed by atoms with Crippen molar-refractivity contribution in [1.29, 1.82) is 0 Å². The third-order valence-electron chi connectivity index (χ3n) is 5.36. The maximum Gasteiger partial charge on any atom is 0.246 e. The number of benzene rings is 1. The van der Waals surface area contributed by atoms with Gasteiger partial charge in [0.25, 0.3) is 0 Å². The molecule has 1 N–H and O–H groups in total. The van der Waals surface area contributed by atoms with Crippen LogP contribution in [0.4, 0.5) is 5.69 Å². The summed E-state index contributed by atoms with van der Waals surface area (Å²) in [6.07, 6.45) is 4.63. The summed E-state index contributed by atoms with van der Waals surface area (Å²) in [5, 5.41) is 2.89. The largest absolute Gasteiger partial charge is 0.495 e. The van der Waals surface area contributed by atoms with Gasteiger partial charge >= 0.3 is 0 Å². The molecule has 150 valence electrons. The van der Waals surface area contributed by atoms with Gasteiger partial charge in [0.2, 0.25) is 15.9 Å². The van der Waals surface area contributed by atoms with Crippen LogP contribution in [0.5, 0.6) is 5.75 Å². The summed E-state index contributed by atoms with van der Waals surface area (Å²) in [5.74, 6) is 0.164. The number of carbonyl (C=O) groups excluding carboxylic acids is 1. The molecule has 2 saturated heterocycles. The van der Waals surface area contributed by atoms with Gasteiger partial charge in [-0.05, 0) is 57.5 Å². The van der Waals surface area contributed by atoms with Crippen LogP contribution in [-0.4, -0.2) is 63.9 Å². The van der Waals surface area contributed by atoms with Crippen LogP contribution in [0.2, 0.25) is 0 Å². The summed E-state index contributed by atoms with van der Waals surface area (Å²) >= 11 is 0. The van der Waals surface area contributed by atoms with E-state index in [1.165, 1.54) is 17.5 Å². The van der Waals surface area contributed by atoms with Crippen molar-refractivity contribution >= 4 is 21.6 Å². The molecule has 1 atom stereocenters. The molecule has 0 aromatic heterocycles. The molecule has 7 nitrogen and oxygen atoms in total. The lowest BCUT2D eigenvalue weighted by molar-refractivity contribution is -0.121. The van der Waals surface area contributed by atoms with Crippen molar-refractivity contribution in [2.75, 3.05) is 45.7 Å². The smallest absolute Gasteiger partial charge is 0.246 e. The van der Waals surface area contributed by atoms with Gasteiger partial charge in [0.1, 0.15) is 10.6 Å². The van der Waals surface area contributed by atoms with Crippen molar-refractivity contribution in [3.8, 4) is 5.75 Å². The highest BCUT2D eigenvalue weighted by Crippen LogP contribution is 2.31. The fraction of sp³-hybridized carbons (Fsp3) is 0.632. The van der Waals surface area contributed by atoms with Crippen LogP contribution >= 0.6 is 0 Å². The summed E-state index contributed by atoms with van der Waals surface area (Å²) in [4.78, 5) is 14.9. The fourth-order valence-electron chi connectivity index (χ4n) is 3.83.